The van der Waals surface area contributed by atoms with Crippen molar-refractivity contribution >= 4 is 17.7 Å². The van der Waals surface area contributed by atoms with Crippen molar-refractivity contribution in [3.05, 3.63) is 35.9 Å². The van der Waals surface area contributed by atoms with Crippen LogP contribution in [0.5, 0.6) is 0 Å². The lowest BCUT2D eigenvalue weighted by atomic mass is 9.88. The van der Waals surface area contributed by atoms with Gasteiger partial charge in [0.1, 0.15) is 0 Å². The molecular weight excluding hydrogens is 284 g/mol. The molecule has 0 unspecified atom stereocenters. The number of Topliss-reactive ketones (excluding diaryl/α,β-unsaturated/α-hetero) is 1. The van der Waals surface area contributed by atoms with Gasteiger partial charge in [-0.15, -0.1) is 0 Å². The molecule has 0 aliphatic rings. The predicted molar refractivity (Wildman–Crippen MR) is 81.3 cm³/mol. The van der Waals surface area contributed by atoms with Crippen LogP contribution in [0.15, 0.2) is 30.3 Å². The molecule has 5 nitrogen and oxygen atoms in total. The second kappa shape index (κ2) is 8.97. The van der Waals surface area contributed by atoms with Crippen LogP contribution in [0.4, 0.5) is 0 Å². The number of ketones is 1. The Bertz CT molecular complexity index is 491. The molecule has 1 aromatic rings. The van der Waals surface area contributed by atoms with Gasteiger partial charge in [-0.1, -0.05) is 37.3 Å². The van der Waals surface area contributed by atoms with E-state index in [9.17, 15) is 14.4 Å². The third-order valence-corrected chi connectivity index (χ3v) is 3.25. The zero-order chi connectivity index (χ0) is 16.5. The molecule has 120 valence electrons. The van der Waals surface area contributed by atoms with E-state index in [1.165, 1.54) is 0 Å². The topological polar surface area (TPSA) is 69.7 Å². The van der Waals surface area contributed by atoms with E-state index in [-0.39, 0.29) is 25.4 Å². The van der Waals surface area contributed by atoms with E-state index < -0.39 is 23.8 Å². The summed E-state index contributed by atoms with van der Waals surface area (Å²) in [7, 11) is 0. The molecule has 0 amide bonds. The number of rotatable bonds is 8. The van der Waals surface area contributed by atoms with E-state index >= 15 is 0 Å². The first-order valence-corrected chi connectivity index (χ1v) is 7.42. The van der Waals surface area contributed by atoms with Crippen molar-refractivity contribution in [3.8, 4) is 0 Å². The molecule has 1 rings (SSSR count). The van der Waals surface area contributed by atoms with Crippen molar-refractivity contribution in [2.75, 3.05) is 13.2 Å². The summed E-state index contributed by atoms with van der Waals surface area (Å²) >= 11 is 0. The van der Waals surface area contributed by atoms with Crippen LogP contribution < -0.4 is 0 Å². The number of esters is 2. The highest BCUT2D eigenvalue weighted by Gasteiger charge is 2.36. The third-order valence-electron chi connectivity index (χ3n) is 3.25. The summed E-state index contributed by atoms with van der Waals surface area (Å²) in [5.41, 5.74) is 0.556. The Balaban J connectivity index is 2.82. The lowest BCUT2D eigenvalue weighted by Crippen LogP contribution is -2.34. The van der Waals surface area contributed by atoms with E-state index in [0.717, 1.165) is 0 Å². The molecule has 5 heteroatoms. The standard InChI is InChI=1S/C17H22O5/c1-4-21-16(19)15(17(20)22-5-2)12(3)11-14(18)13-9-7-6-8-10-13/h6-10,12,15H,4-5,11H2,1-3H3/t12-/m1/s1. The van der Waals surface area contributed by atoms with E-state index in [1.54, 1.807) is 45.0 Å². The Morgan fingerprint density at radius 2 is 1.45 bits per heavy atom. The third kappa shape index (κ3) is 4.98. The van der Waals surface area contributed by atoms with Crippen molar-refractivity contribution in [1.82, 2.24) is 0 Å². The molecule has 0 radical (unpaired) electrons. The Morgan fingerprint density at radius 1 is 0.955 bits per heavy atom. The molecule has 0 fully saturated rings. The normalized spacial score (nSPS) is 11.8. The number of carbonyl (C=O) groups is 3. The van der Waals surface area contributed by atoms with Crippen LogP contribution in [0, 0.1) is 11.8 Å². The van der Waals surface area contributed by atoms with Gasteiger partial charge < -0.3 is 9.47 Å². The zero-order valence-corrected chi connectivity index (χ0v) is 13.2. The van der Waals surface area contributed by atoms with E-state index in [4.69, 9.17) is 9.47 Å². The Hall–Kier alpha value is -2.17. The number of ether oxygens (including phenoxy) is 2. The molecule has 0 aliphatic heterocycles. The number of hydrogen-bond acceptors (Lipinski definition) is 5. The van der Waals surface area contributed by atoms with E-state index in [1.807, 2.05) is 6.07 Å². The molecule has 0 heterocycles. The summed E-state index contributed by atoms with van der Waals surface area (Å²) < 4.78 is 9.86. The minimum Gasteiger partial charge on any atom is -0.465 e. The van der Waals surface area contributed by atoms with Crippen molar-refractivity contribution in [3.63, 3.8) is 0 Å². The van der Waals surface area contributed by atoms with Gasteiger partial charge in [0.05, 0.1) is 13.2 Å². The van der Waals surface area contributed by atoms with Crippen molar-refractivity contribution in [2.24, 2.45) is 11.8 Å². The van der Waals surface area contributed by atoms with Crippen LogP contribution in [0.25, 0.3) is 0 Å². The van der Waals surface area contributed by atoms with Crippen molar-refractivity contribution in [1.29, 1.82) is 0 Å². The minimum atomic E-state index is -1.08. The molecule has 0 spiro atoms. The fourth-order valence-electron chi connectivity index (χ4n) is 2.18. The molecule has 1 aromatic carbocycles. The smallest absolute Gasteiger partial charge is 0.320 e. The maximum Gasteiger partial charge on any atom is 0.320 e. The summed E-state index contributed by atoms with van der Waals surface area (Å²) in [5.74, 6) is -2.98. The average Bonchev–Trinajstić information content (AvgIpc) is 2.48. The summed E-state index contributed by atoms with van der Waals surface area (Å²) in [5, 5.41) is 0. The lowest BCUT2D eigenvalue weighted by Gasteiger charge is -2.20. The quantitative estimate of drug-likeness (QED) is 0.419. The molecule has 0 aromatic heterocycles. The van der Waals surface area contributed by atoms with E-state index in [0.29, 0.717) is 5.56 Å². The maximum atomic E-state index is 12.2. The van der Waals surface area contributed by atoms with Crippen LogP contribution in [0.2, 0.25) is 0 Å². The van der Waals surface area contributed by atoms with Gasteiger partial charge in [0.15, 0.2) is 11.7 Å². The van der Waals surface area contributed by atoms with Crippen LogP contribution >= 0.6 is 0 Å². The van der Waals surface area contributed by atoms with Gasteiger partial charge in [-0.05, 0) is 19.8 Å². The summed E-state index contributed by atoms with van der Waals surface area (Å²) in [6.45, 7) is 5.36. The summed E-state index contributed by atoms with van der Waals surface area (Å²) in [4.78, 5) is 36.2. The first-order chi connectivity index (χ1) is 10.5. The SMILES string of the molecule is CCOC(=O)C(C(=O)OCC)[C@H](C)CC(=O)c1ccccc1. The van der Waals surface area contributed by atoms with Gasteiger partial charge in [0.2, 0.25) is 0 Å². The molecule has 22 heavy (non-hydrogen) atoms. The van der Waals surface area contributed by atoms with Gasteiger partial charge in [-0.2, -0.15) is 0 Å². The fourth-order valence-corrected chi connectivity index (χ4v) is 2.18. The number of benzene rings is 1. The fraction of sp³-hybridized carbons (Fsp3) is 0.471. The van der Waals surface area contributed by atoms with Gasteiger partial charge in [0.25, 0.3) is 0 Å². The second-order valence-electron chi connectivity index (χ2n) is 4.95. The lowest BCUT2D eigenvalue weighted by molar-refractivity contribution is -0.164. The first-order valence-electron chi connectivity index (χ1n) is 7.42. The highest BCUT2D eigenvalue weighted by atomic mass is 16.6. The molecule has 0 aliphatic carbocycles. The minimum absolute atomic E-state index is 0.0757. The zero-order valence-electron chi connectivity index (χ0n) is 13.2. The highest BCUT2D eigenvalue weighted by molar-refractivity contribution is 5.99. The van der Waals surface area contributed by atoms with Crippen LogP contribution in [0.1, 0.15) is 37.6 Å². The molecule has 0 saturated carbocycles. The second-order valence-corrected chi connectivity index (χ2v) is 4.95. The van der Waals surface area contributed by atoms with Crippen LogP contribution in [-0.4, -0.2) is 30.9 Å². The van der Waals surface area contributed by atoms with Crippen molar-refractivity contribution < 1.29 is 23.9 Å². The Labute approximate surface area is 130 Å². The van der Waals surface area contributed by atoms with E-state index in [2.05, 4.69) is 0 Å². The Morgan fingerprint density at radius 3 is 1.91 bits per heavy atom. The van der Waals surface area contributed by atoms with Crippen LogP contribution in [0.3, 0.4) is 0 Å². The average molecular weight is 306 g/mol. The molecule has 1 atom stereocenters. The van der Waals surface area contributed by atoms with Gasteiger partial charge in [-0.25, -0.2) is 0 Å². The largest absolute Gasteiger partial charge is 0.465 e. The number of hydrogen-bond donors (Lipinski definition) is 0. The Kier molecular flexibility index (Phi) is 7.29. The molecule has 0 saturated heterocycles. The van der Waals surface area contributed by atoms with Gasteiger partial charge in [0, 0.05) is 12.0 Å². The number of carbonyl (C=O) groups excluding carboxylic acids is 3. The van der Waals surface area contributed by atoms with Gasteiger partial charge in [-0.3, -0.25) is 14.4 Å². The first kappa shape index (κ1) is 17.9. The molecule has 0 bridgehead atoms. The summed E-state index contributed by atoms with van der Waals surface area (Å²) in [6.07, 6.45) is 0.0757. The monoisotopic (exact) mass is 306 g/mol. The predicted octanol–water partition coefficient (Wildman–Crippen LogP) is 2.64. The van der Waals surface area contributed by atoms with Gasteiger partial charge >= 0.3 is 11.9 Å². The molecule has 0 N–H and O–H groups in total. The van der Waals surface area contributed by atoms with Crippen molar-refractivity contribution in [2.45, 2.75) is 27.2 Å². The summed E-state index contributed by atoms with van der Waals surface area (Å²) in [6, 6.07) is 8.77. The highest BCUT2D eigenvalue weighted by Crippen LogP contribution is 2.21. The maximum absolute atomic E-state index is 12.2. The molecular formula is C17H22O5. The van der Waals surface area contributed by atoms with Crippen LogP contribution in [-0.2, 0) is 19.1 Å².